The number of aliphatic hydroxyl groups is 1. The summed E-state index contributed by atoms with van der Waals surface area (Å²) in [5, 5.41) is 21.6. The van der Waals surface area contributed by atoms with E-state index in [2.05, 4.69) is 22.3 Å². The first-order valence-electron chi connectivity index (χ1n) is 6.31. The topological polar surface area (TPSA) is 63.8 Å². The molecule has 1 heterocycles. The number of aliphatic hydroxyl groups excluding tert-OH is 1. The summed E-state index contributed by atoms with van der Waals surface area (Å²) in [5.74, 6) is 0.634. The first kappa shape index (κ1) is 12.7. The van der Waals surface area contributed by atoms with Crippen LogP contribution in [0.5, 0.6) is 0 Å². The third-order valence-electron chi connectivity index (χ3n) is 2.87. The predicted molar refractivity (Wildman–Crippen MR) is 68.9 cm³/mol. The number of benzene rings is 1. The van der Waals surface area contributed by atoms with Crippen molar-refractivity contribution in [3.05, 3.63) is 30.3 Å². The maximum atomic E-state index is 9.06. The Morgan fingerprint density at radius 3 is 2.67 bits per heavy atom. The average molecular weight is 246 g/mol. The van der Waals surface area contributed by atoms with Gasteiger partial charge in [0, 0.05) is 12.2 Å². The van der Waals surface area contributed by atoms with E-state index in [4.69, 9.17) is 5.11 Å². The number of rotatable bonds is 6. The van der Waals surface area contributed by atoms with E-state index in [0.717, 1.165) is 18.4 Å². The van der Waals surface area contributed by atoms with Crippen molar-refractivity contribution in [3.63, 3.8) is 0 Å². The van der Waals surface area contributed by atoms with Crippen molar-refractivity contribution in [1.82, 2.24) is 20.2 Å². The van der Waals surface area contributed by atoms with Gasteiger partial charge in [0.05, 0.1) is 6.04 Å². The SMILES string of the molecule is CCC[C@@H](CCO)n1nnc(-c2ccccc2)n1. The lowest BCUT2D eigenvalue weighted by Gasteiger charge is -2.12. The van der Waals surface area contributed by atoms with Gasteiger partial charge in [-0.05, 0) is 18.1 Å². The van der Waals surface area contributed by atoms with E-state index >= 15 is 0 Å². The summed E-state index contributed by atoms with van der Waals surface area (Å²) in [7, 11) is 0. The minimum atomic E-state index is 0.130. The Hall–Kier alpha value is -1.75. The lowest BCUT2D eigenvalue weighted by molar-refractivity contribution is 0.234. The van der Waals surface area contributed by atoms with E-state index in [0.29, 0.717) is 12.2 Å². The van der Waals surface area contributed by atoms with Crippen LogP contribution in [0.1, 0.15) is 32.2 Å². The summed E-state index contributed by atoms with van der Waals surface area (Å²) < 4.78 is 0. The van der Waals surface area contributed by atoms with Gasteiger partial charge in [0.2, 0.25) is 5.82 Å². The Balaban J connectivity index is 2.18. The van der Waals surface area contributed by atoms with Gasteiger partial charge in [0.25, 0.3) is 0 Å². The van der Waals surface area contributed by atoms with Crippen molar-refractivity contribution in [3.8, 4) is 11.4 Å². The van der Waals surface area contributed by atoms with Crippen LogP contribution in [-0.4, -0.2) is 31.9 Å². The highest BCUT2D eigenvalue weighted by molar-refractivity contribution is 5.52. The number of hydrogen-bond donors (Lipinski definition) is 1. The van der Waals surface area contributed by atoms with Gasteiger partial charge in [-0.25, -0.2) is 0 Å². The molecule has 1 atom stereocenters. The zero-order chi connectivity index (χ0) is 12.8. The third-order valence-corrected chi connectivity index (χ3v) is 2.87. The molecular formula is C13H18N4O. The molecule has 96 valence electrons. The standard InChI is InChI=1S/C13H18N4O/c1-2-6-12(9-10-18)17-15-13(14-16-17)11-7-4-3-5-8-11/h3-5,7-8,12,18H,2,6,9-10H2,1H3/t12-/m0/s1. The van der Waals surface area contributed by atoms with E-state index in [9.17, 15) is 0 Å². The molecule has 0 spiro atoms. The molecule has 2 rings (SSSR count). The Morgan fingerprint density at radius 2 is 2.00 bits per heavy atom. The van der Waals surface area contributed by atoms with Crippen LogP contribution in [0.4, 0.5) is 0 Å². The average Bonchev–Trinajstić information content (AvgIpc) is 2.89. The molecule has 18 heavy (non-hydrogen) atoms. The molecule has 1 N–H and O–H groups in total. The predicted octanol–water partition coefficient (Wildman–Crippen LogP) is 2.06. The van der Waals surface area contributed by atoms with Crippen LogP contribution < -0.4 is 0 Å². The van der Waals surface area contributed by atoms with Crippen LogP contribution in [0.15, 0.2) is 30.3 Å². The molecule has 5 nitrogen and oxygen atoms in total. The first-order valence-corrected chi connectivity index (χ1v) is 6.31. The fourth-order valence-electron chi connectivity index (χ4n) is 1.94. The van der Waals surface area contributed by atoms with E-state index < -0.39 is 0 Å². The van der Waals surface area contributed by atoms with Gasteiger partial charge in [-0.1, -0.05) is 43.7 Å². The molecule has 0 fully saturated rings. The molecular weight excluding hydrogens is 228 g/mol. The summed E-state index contributed by atoms with van der Waals surface area (Å²) in [6, 6.07) is 9.91. The molecule has 0 unspecified atom stereocenters. The molecule has 1 aromatic heterocycles. The van der Waals surface area contributed by atoms with E-state index in [1.165, 1.54) is 0 Å². The molecule has 0 amide bonds. The van der Waals surface area contributed by atoms with Crippen LogP contribution in [-0.2, 0) is 0 Å². The zero-order valence-corrected chi connectivity index (χ0v) is 10.5. The second-order valence-electron chi connectivity index (χ2n) is 4.25. The van der Waals surface area contributed by atoms with Gasteiger partial charge in [-0.15, -0.1) is 10.2 Å². The quantitative estimate of drug-likeness (QED) is 0.847. The molecule has 0 saturated heterocycles. The first-order chi connectivity index (χ1) is 8.85. The highest BCUT2D eigenvalue weighted by Gasteiger charge is 2.14. The van der Waals surface area contributed by atoms with Gasteiger partial charge in [0.15, 0.2) is 0 Å². The summed E-state index contributed by atoms with van der Waals surface area (Å²) >= 11 is 0. The summed E-state index contributed by atoms with van der Waals surface area (Å²) in [4.78, 5) is 1.63. The van der Waals surface area contributed by atoms with Crippen molar-refractivity contribution in [2.75, 3.05) is 6.61 Å². The third kappa shape index (κ3) is 2.92. The van der Waals surface area contributed by atoms with E-state index in [1.54, 1.807) is 4.80 Å². The Labute approximate surface area is 106 Å². The summed E-state index contributed by atoms with van der Waals surface area (Å²) in [5.41, 5.74) is 0.961. The van der Waals surface area contributed by atoms with Gasteiger partial charge in [0.1, 0.15) is 0 Å². The van der Waals surface area contributed by atoms with Crippen LogP contribution >= 0.6 is 0 Å². The van der Waals surface area contributed by atoms with E-state index in [-0.39, 0.29) is 12.6 Å². The normalized spacial score (nSPS) is 12.6. The molecule has 0 aliphatic carbocycles. The second kappa shape index (κ2) is 6.26. The maximum absolute atomic E-state index is 9.06. The molecule has 0 saturated carbocycles. The van der Waals surface area contributed by atoms with E-state index in [1.807, 2.05) is 30.3 Å². The fourth-order valence-corrected chi connectivity index (χ4v) is 1.94. The molecule has 2 aromatic rings. The van der Waals surface area contributed by atoms with Crippen LogP contribution in [0, 0.1) is 0 Å². The molecule has 5 heteroatoms. The van der Waals surface area contributed by atoms with Crippen LogP contribution in [0.3, 0.4) is 0 Å². The van der Waals surface area contributed by atoms with Crippen molar-refractivity contribution in [2.24, 2.45) is 0 Å². The molecule has 0 aliphatic rings. The van der Waals surface area contributed by atoms with Gasteiger partial charge in [-0.3, -0.25) is 0 Å². The minimum absolute atomic E-state index is 0.130. The maximum Gasteiger partial charge on any atom is 0.204 e. The Morgan fingerprint density at radius 1 is 1.22 bits per heavy atom. The van der Waals surface area contributed by atoms with Gasteiger partial charge < -0.3 is 5.11 Å². The Kier molecular flexibility index (Phi) is 4.41. The monoisotopic (exact) mass is 246 g/mol. The zero-order valence-electron chi connectivity index (χ0n) is 10.5. The number of nitrogens with zero attached hydrogens (tertiary/aromatic N) is 4. The smallest absolute Gasteiger partial charge is 0.204 e. The molecule has 0 aliphatic heterocycles. The molecule has 1 aromatic carbocycles. The summed E-state index contributed by atoms with van der Waals surface area (Å²) in [6.45, 7) is 2.26. The number of aromatic nitrogens is 4. The number of hydrogen-bond acceptors (Lipinski definition) is 4. The van der Waals surface area contributed by atoms with Gasteiger partial charge in [-0.2, -0.15) is 4.80 Å². The minimum Gasteiger partial charge on any atom is -0.396 e. The van der Waals surface area contributed by atoms with Crippen molar-refractivity contribution in [2.45, 2.75) is 32.2 Å². The van der Waals surface area contributed by atoms with Crippen molar-refractivity contribution in [1.29, 1.82) is 0 Å². The molecule has 0 radical (unpaired) electrons. The van der Waals surface area contributed by atoms with Crippen molar-refractivity contribution >= 4 is 0 Å². The molecule has 0 bridgehead atoms. The fraction of sp³-hybridized carbons (Fsp3) is 0.462. The second-order valence-corrected chi connectivity index (χ2v) is 4.25. The highest BCUT2D eigenvalue weighted by atomic mass is 16.3. The van der Waals surface area contributed by atoms with Crippen LogP contribution in [0.25, 0.3) is 11.4 Å². The lowest BCUT2D eigenvalue weighted by atomic mass is 10.1. The Bertz CT molecular complexity index is 463. The highest BCUT2D eigenvalue weighted by Crippen LogP contribution is 2.18. The summed E-state index contributed by atoms with van der Waals surface area (Å²) in [6.07, 6.45) is 2.65. The lowest BCUT2D eigenvalue weighted by Crippen LogP contribution is -2.14. The van der Waals surface area contributed by atoms with Crippen LogP contribution in [0.2, 0.25) is 0 Å². The number of tetrazole rings is 1. The largest absolute Gasteiger partial charge is 0.396 e. The van der Waals surface area contributed by atoms with Gasteiger partial charge >= 0.3 is 0 Å². The van der Waals surface area contributed by atoms with Crippen molar-refractivity contribution < 1.29 is 5.11 Å².